The van der Waals surface area contributed by atoms with Crippen LogP contribution in [0.1, 0.15) is 22.8 Å². The molecular formula is C10H12O3. The quantitative estimate of drug-likeness (QED) is 0.773. The van der Waals surface area contributed by atoms with Crippen LogP contribution in [-0.2, 0) is 6.42 Å². The maximum absolute atomic E-state index is 10.9. The average Bonchev–Trinajstić information content (AvgIpc) is 2.16. The van der Waals surface area contributed by atoms with Crippen LogP contribution in [0.4, 0.5) is 0 Å². The molecule has 0 heterocycles. The Balaban J connectivity index is 3.29. The summed E-state index contributed by atoms with van der Waals surface area (Å²) in [6, 6.07) is 5.25. The number of hydrogen-bond donors (Lipinski definition) is 1. The zero-order valence-corrected chi connectivity index (χ0v) is 7.70. The first-order valence-electron chi connectivity index (χ1n) is 4.09. The fourth-order valence-electron chi connectivity index (χ4n) is 1.28. The Morgan fingerprint density at radius 1 is 1.54 bits per heavy atom. The van der Waals surface area contributed by atoms with Gasteiger partial charge in [0.15, 0.2) is 0 Å². The number of aryl methyl sites for hydroxylation is 1. The maximum Gasteiger partial charge on any atom is 0.339 e. The van der Waals surface area contributed by atoms with Gasteiger partial charge in [-0.2, -0.15) is 0 Å². The summed E-state index contributed by atoms with van der Waals surface area (Å²) >= 11 is 0. The molecule has 0 atom stereocenters. The highest BCUT2D eigenvalue weighted by Gasteiger charge is 2.14. The molecule has 0 radical (unpaired) electrons. The molecule has 1 aromatic carbocycles. The molecule has 1 rings (SSSR count). The van der Waals surface area contributed by atoms with Crippen LogP contribution in [0, 0.1) is 0 Å². The molecule has 0 fully saturated rings. The summed E-state index contributed by atoms with van der Waals surface area (Å²) in [5, 5.41) is 8.93. The van der Waals surface area contributed by atoms with Crippen LogP contribution in [0.15, 0.2) is 18.2 Å². The molecule has 0 aliphatic rings. The van der Waals surface area contributed by atoms with Gasteiger partial charge in [-0.25, -0.2) is 4.79 Å². The first kappa shape index (κ1) is 9.58. The molecule has 0 aliphatic carbocycles. The SMILES string of the molecule is CCc1cccc(OC)c1C(=O)O. The molecule has 0 unspecified atom stereocenters. The molecule has 0 aliphatic heterocycles. The van der Waals surface area contributed by atoms with Gasteiger partial charge in [-0.05, 0) is 18.1 Å². The minimum absolute atomic E-state index is 0.271. The number of benzene rings is 1. The van der Waals surface area contributed by atoms with E-state index in [1.165, 1.54) is 7.11 Å². The van der Waals surface area contributed by atoms with Crippen molar-refractivity contribution in [2.45, 2.75) is 13.3 Å². The molecule has 0 saturated carbocycles. The molecule has 3 nitrogen and oxygen atoms in total. The number of carbonyl (C=O) groups is 1. The monoisotopic (exact) mass is 180 g/mol. The van der Waals surface area contributed by atoms with E-state index in [4.69, 9.17) is 9.84 Å². The Bertz CT molecular complexity index is 296. The van der Waals surface area contributed by atoms with E-state index in [0.29, 0.717) is 12.2 Å². The zero-order valence-electron chi connectivity index (χ0n) is 7.70. The van der Waals surface area contributed by atoms with Gasteiger partial charge in [0, 0.05) is 0 Å². The Hall–Kier alpha value is -1.51. The predicted molar refractivity (Wildman–Crippen MR) is 49.3 cm³/mol. The molecule has 0 amide bonds. The van der Waals surface area contributed by atoms with Crippen LogP contribution < -0.4 is 4.74 Å². The smallest absolute Gasteiger partial charge is 0.339 e. The van der Waals surface area contributed by atoms with Crippen LogP contribution in [0.3, 0.4) is 0 Å². The number of carboxylic acid groups (broad SMARTS) is 1. The van der Waals surface area contributed by atoms with Gasteiger partial charge < -0.3 is 9.84 Å². The van der Waals surface area contributed by atoms with Crippen LogP contribution in [0.25, 0.3) is 0 Å². The molecule has 70 valence electrons. The number of aromatic carboxylic acids is 1. The molecule has 1 N–H and O–H groups in total. The molecule has 0 aromatic heterocycles. The summed E-state index contributed by atoms with van der Waals surface area (Å²) in [4.78, 5) is 10.9. The second-order valence-corrected chi connectivity index (χ2v) is 2.65. The molecule has 0 bridgehead atoms. The van der Waals surface area contributed by atoms with E-state index in [0.717, 1.165) is 5.56 Å². The van der Waals surface area contributed by atoms with Crippen molar-refractivity contribution in [3.63, 3.8) is 0 Å². The highest BCUT2D eigenvalue weighted by atomic mass is 16.5. The van der Waals surface area contributed by atoms with Crippen molar-refractivity contribution in [2.75, 3.05) is 7.11 Å². The van der Waals surface area contributed by atoms with Gasteiger partial charge in [0.2, 0.25) is 0 Å². The van der Waals surface area contributed by atoms with Crippen molar-refractivity contribution in [1.29, 1.82) is 0 Å². The highest BCUT2D eigenvalue weighted by Crippen LogP contribution is 2.22. The summed E-state index contributed by atoms with van der Waals surface area (Å²) in [5.74, 6) is -0.513. The van der Waals surface area contributed by atoms with Crippen LogP contribution in [0.5, 0.6) is 5.75 Å². The first-order valence-corrected chi connectivity index (χ1v) is 4.09. The summed E-state index contributed by atoms with van der Waals surface area (Å²) in [6.45, 7) is 1.92. The van der Waals surface area contributed by atoms with E-state index < -0.39 is 5.97 Å². The maximum atomic E-state index is 10.9. The number of carboxylic acids is 1. The highest BCUT2D eigenvalue weighted by molar-refractivity contribution is 5.92. The number of methoxy groups -OCH3 is 1. The topological polar surface area (TPSA) is 46.5 Å². The second-order valence-electron chi connectivity index (χ2n) is 2.65. The van der Waals surface area contributed by atoms with Crippen molar-refractivity contribution >= 4 is 5.97 Å². The average molecular weight is 180 g/mol. The molecular weight excluding hydrogens is 168 g/mol. The lowest BCUT2D eigenvalue weighted by Crippen LogP contribution is -2.04. The molecule has 0 saturated heterocycles. The third-order valence-corrected chi connectivity index (χ3v) is 1.93. The molecule has 1 aromatic rings. The third-order valence-electron chi connectivity index (χ3n) is 1.93. The van der Waals surface area contributed by atoms with Gasteiger partial charge in [0.1, 0.15) is 11.3 Å². The number of hydrogen-bond acceptors (Lipinski definition) is 2. The summed E-state index contributed by atoms with van der Waals surface area (Å²) in [6.07, 6.45) is 0.693. The Kier molecular flexibility index (Phi) is 2.90. The van der Waals surface area contributed by atoms with E-state index in [9.17, 15) is 4.79 Å². The van der Waals surface area contributed by atoms with Gasteiger partial charge in [-0.3, -0.25) is 0 Å². The van der Waals surface area contributed by atoms with E-state index in [2.05, 4.69) is 0 Å². The number of rotatable bonds is 3. The lowest BCUT2D eigenvalue weighted by atomic mass is 10.0. The predicted octanol–water partition coefficient (Wildman–Crippen LogP) is 1.96. The fraction of sp³-hybridized carbons (Fsp3) is 0.300. The van der Waals surface area contributed by atoms with E-state index in [1.54, 1.807) is 18.2 Å². The van der Waals surface area contributed by atoms with Gasteiger partial charge in [-0.1, -0.05) is 19.1 Å². The van der Waals surface area contributed by atoms with Crippen molar-refractivity contribution in [2.24, 2.45) is 0 Å². The second kappa shape index (κ2) is 3.94. The molecule has 0 spiro atoms. The Morgan fingerprint density at radius 3 is 2.69 bits per heavy atom. The Morgan fingerprint density at radius 2 is 2.23 bits per heavy atom. The van der Waals surface area contributed by atoms with E-state index in [1.807, 2.05) is 6.92 Å². The van der Waals surface area contributed by atoms with Gasteiger partial charge in [0.25, 0.3) is 0 Å². The lowest BCUT2D eigenvalue weighted by molar-refractivity contribution is 0.0692. The van der Waals surface area contributed by atoms with E-state index in [-0.39, 0.29) is 5.56 Å². The normalized spacial score (nSPS) is 9.69. The minimum Gasteiger partial charge on any atom is -0.496 e. The summed E-state index contributed by atoms with van der Waals surface area (Å²) < 4.78 is 4.97. The zero-order chi connectivity index (χ0) is 9.84. The summed E-state index contributed by atoms with van der Waals surface area (Å²) in [7, 11) is 1.47. The van der Waals surface area contributed by atoms with Crippen LogP contribution >= 0.6 is 0 Å². The van der Waals surface area contributed by atoms with Crippen molar-refractivity contribution < 1.29 is 14.6 Å². The lowest BCUT2D eigenvalue weighted by Gasteiger charge is -2.08. The van der Waals surface area contributed by atoms with Gasteiger partial charge >= 0.3 is 5.97 Å². The summed E-state index contributed by atoms with van der Waals surface area (Å²) in [5.41, 5.74) is 1.07. The van der Waals surface area contributed by atoms with Crippen LogP contribution in [-0.4, -0.2) is 18.2 Å². The minimum atomic E-state index is -0.936. The Labute approximate surface area is 77.0 Å². The standard InChI is InChI=1S/C10H12O3/c1-3-7-5-4-6-8(13-2)9(7)10(11)12/h4-6H,3H2,1-2H3,(H,11,12). The van der Waals surface area contributed by atoms with E-state index >= 15 is 0 Å². The van der Waals surface area contributed by atoms with Crippen LogP contribution in [0.2, 0.25) is 0 Å². The van der Waals surface area contributed by atoms with Gasteiger partial charge in [-0.15, -0.1) is 0 Å². The largest absolute Gasteiger partial charge is 0.496 e. The fourth-order valence-corrected chi connectivity index (χ4v) is 1.28. The number of ether oxygens (including phenoxy) is 1. The van der Waals surface area contributed by atoms with Crippen molar-refractivity contribution in [3.05, 3.63) is 29.3 Å². The molecule has 3 heteroatoms. The third kappa shape index (κ3) is 1.80. The molecule has 13 heavy (non-hydrogen) atoms. The first-order chi connectivity index (χ1) is 6.20. The van der Waals surface area contributed by atoms with Gasteiger partial charge in [0.05, 0.1) is 7.11 Å². The van der Waals surface area contributed by atoms with Crippen molar-refractivity contribution in [1.82, 2.24) is 0 Å². The van der Waals surface area contributed by atoms with Crippen molar-refractivity contribution in [3.8, 4) is 5.75 Å².